The van der Waals surface area contributed by atoms with E-state index in [1.807, 2.05) is 12.1 Å². The second-order valence-corrected chi connectivity index (χ2v) is 6.75. The lowest BCUT2D eigenvalue weighted by Crippen LogP contribution is -2.33. The van der Waals surface area contributed by atoms with Crippen LogP contribution in [0.25, 0.3) is 0 Å². The zero-order valence-corrected chi connectivity index (χ0v) is 13.9. The van der Waals surface area contributed by atoms with Gasteiger partial charge >= 0.3 is 0 Å². The quantitative estimate of drug-likeness (QED) is 0.729. The highest BCUT2D eigenvalue weighted by Crippen LogP contribution is 2.30. The van der Waals surface area contributed by atoms with E-state index in [1.54, 1.807) is 0 Å². The Hall–Kier alpha value is -0.410. The molecule has 2 rings (SSSR count). The summed E-state index contributed by atoms with van der Waals surface area (Å²) in [5.41, 5.74) is 1.08. The van der Waals surface area contributed by atoms with E-state index < -0.39 is 0 Å². The van der Waals surface area contributed by atoms with Crippen LogP contribution in [0.1, 0.15) is 51.0 Å². The molecule has 0 aromatic heterocycles. The van der Waals surface area contributed by atoms with Gasteiger partial charge in [0.15, 0.2) is 0 Å². The molecule has 20 heavy (non-hydrogen) atoms. The Bertz CT molecular complexity index is 415. The van der Waals surface area contributed by atoms with Gasteiger partial charge in [0.2, 0.25) is 0 Å². The van der Waals surface area contributed by atoms with Crippen molar-refractivity contribution in [2.75, 3.05) is 6.54 Å². The number of halogens is 2. The first-order valence-electron chi connectivity index (χ1n) is 7.87. The van der Waals surface area contributed by atoms with Crippen molar-refractivity contribution in [2.24, 2.45) is 5.92 Å². The van der Waals surface area contributed by atoms with Gasteiger partial charge in [0.1, 0.15) is 5.82 Å². The molecule has 3 heteroatoms. The van der Waals surface area contributed by atoms with Gasteiger partial charge < -0.3 is 5.32 Å². The molecule has 1 unspecified atom stereocenters. The third-order valence-electron chi connectivity index (χ3n) is 4.27. The molecule has 1 aliphatic carbocycles. The second kappa shape index (κ2) is 8.14. The van der Waals surface area contributed by atoms with Gasteiger partial charge in [0.05, 0.1) is 4.47 Å². The molecule has 1 aliphatic rings. The van der Waals surface area contributed by atoms with Crippen molar-refractivity contribution in [1.29, 1.82) is 0 Å². The van der Waals surface area contributed by atoms with E-state index in [1.165, 1.54) is 38.2 Å². The average molecular weight is 342 g/mol. The van der Waals surface area contributed by atoms with E-state index in [4.69, 9.17) is 0 Å². The van der Waals surface area contributed by atoms with Crippen molar-refractivity contribution in [3.63, 3.8) is 0 Å². The van der Waals surface area contributed by atoms with E-state index in [9.17, 15) is 4.39 Å². The first-order valence-corrected chi connectivity index (χ1v) is 8.66. The summed E-state index contributed by atoms with van der Waals surface area (Å²) in [6, 6.07) is 5.82. The molecule has 1 N–H and O–H groups in total. The van der Waals surface area contributed by atoms with E-state index >= 15 is 0 Å². The van der Waals surface area contributed by atoms with Crippen molar-refractivity contribution in [2.45, 2.75) is 57.9 Å². The molecule has 0 saturated heterocycles. The molecule has 1 aromatic carbocycles. The number of benzene rings is 1. The Morgan fingerprint density at radius 2 is 2.10 bits per heavy atom. The molecular formula is C17H25BrFN. The molecule has 1 fully saturated rings. The zero-order chi connectivity index (χ0) is 14.4. The third kappa shape index (κ3) is 4.56. The summed E-state index contributed by atoms with van der Waals surface area (Å²) in [6.45, 7) is 3.24. The van der Waals surface area contributed by atoms with Crippen LogP contribution in [-0.4, -0.2) is 12.6 Å². The maximum Gasteiger partial charge on any atom is 0.137 e. The third-order valence-corrected chi connectivity index (χ3v) is 5.16. The maximum absolute atomic E-state index is 13.6. The minimum Gasteiger partial charge on any atom is -0.314 e. The molecule has 1 aromatic rings. The number of nitrogens with one attached hydrogen (secondary N) is 1. The standard InChI is InChI=1S/C17H25BrFN/c1-2-10-20-15(11-13-6-3-4-7-13)12-14-8-5-9-16(19)17(14)18/h5,8-9,13,15,20H,2-4,6-7,10-12H2,1H3. The topological polar surface area (TPSA) is 12.0 Å². The molecule has 0 amide bonds. The van der Waals surface area contributed by atoms with Crippen LogP contribution in [0.4, 0.5) is 4.39 Å². The number of rotatable bonds is 7. The molecule has 1 nitrogen and oxygen atoms in total. The van der Waals surface area contributed by atoms with Crippen LogP contribution < -0.4 is 5.32 Å². The van der Waals surface area contributed by atoms with Gasteiger partial charge in [-0.25, -0.2) is 4.39 Å². The lowest BCUT2D eigenvalue weighted by atomic mass is 9.94. The molecular weight excluding hydrogens is 317 g/mol. The Morgan fingerprint density at radius 1 is 1.35 bits per heavy atom. The molecule has 0 spiro atoms. The Labute approximate surface area is 130 Å². The van der Waals surface area contributed by atoms with Crippen molar-refractivity contribution < 1.29 is 4.39 Å². The SMILES string of the molecule is CCCNC(Cc1cccc(F)c1Br)CC1CCCC1. The highest BCUT2D eigenvalue weighted by Gasteiger charge is 2.21. The summed E-state index contributed by atoms with van der Waals surface area (Å²) in [4.78, 5) is 0. The lowest BCUT2D eigenvalue weighted by molar-refractivity contribution is 0.384. The number of hydrogen-bond acceptors (Lipinski definition) is 1. The molecule has 0 radical (unpaired) electrons. The highest BCUT2D eigenvalue weighted by molar-refractivity contribution is 9.10. The smallest absolute Gasteiger partial charge is 0.137 e. The first-order chi connectivity index (χ1) is 9.70. The van der Waals surface area contributed by atoms with Gasteiger partial charge in [-0.1, -0.05) is 44.7 Å². The summed E-state index contributed by atoms with van der Waals surface area (Å²) in [5, 5.41) is 3.65. The first kappa shape index (κ1) is 16.0. The Balaban J connectivity index is 1.99. The van der Waals surface area contributed by atoms with Crippen LogP contribution in [0.5, 0.6) is 0 Å². The molecule has 1 atom stereocenters. The van der Waals surface area contributed by atoms with Gasteiger partial charge in [0, 0.05) is 6.04 Å². The van der Waals surface area contributed by atoms with Crippen LogP contribution in [0.15, 0.2) is 22.7 Å². The van der Waals surface area contributed by atoms with E-state index in [0.29, 0.717) is 10.5 Å². The zero-order valence-electron chi connectivity index (χ0n) is 12.3. The minimum atomic E-state index is -0.155. The fourth-order valence-corrected chi connectivity index (χ4v) is 3.63. The Morgan fingerprint density at radius 3 is 2.80 bits per heavy atom. The van der Waals surface area contributed by atoms with Crippen molar-refractivity contribution in [3.8, 4) is 0 Å². The molecule has 0 bridgehead atoms. The minimum absolute atomic E-state index is 0.155. The van der Waals surface area contributed by atoms with Gasteiger partial charge in [-0.3, -0.25) is 0 Å². The van der Waals surface area contributed by atoms with Crippen molar-refractivity contribution >= 4 is 15.9 Å². The van der Waals surface area contributed by atoms with Gasteiger partial charge in [-0.2, -0.15) is 0 Å². The monoisotopic (exact) mass is 341 g/mol. The molecule has 0 aliphatic heterocycles. The van der Waals surface area contributed by atoms with Crippen LogP contribution in [0.3, 0.4) is 0 Å². The van der Waals surface area contributed by atoms with Crippen molar-refractivity contribution in [1.82, 2.24) is 5.32 Å². The normalized spacial score (nSPS) is 17.6. The van der Waals surface area contributed by atoms with Crippen molar-refractivity contribution in [3.05, 3.63) is 34.1 Å². The fraction of sp³-hybridized carbons (Fsp3) is 0.647. The summed E-state index contributed by atoms with van der Waals surface area (Å²) in [6.07, 6.45) is 8.79. The lowest BCUT2D eigenvalue weighted by Gasteiger charge is -2.22. The second-order valence-electron chi connectivity index (χ2n) is 5.95. The number of hydrogen-bond donors (Lipinski definition) is 1. The summed E-state index contributed by atoms with van der Waals surface area (Å²) >= 11 is 3.39. The maximum atomic E-state index is 13.6. The summed E-state index contributed by atoms with van der Waals surface area (Å²) < 4.78 is 14.3. The predicted octanol–water partition coefficient (Wildman–Crippen LogP) is 5.08. The average Bonchev–Trinajstić information content (AvgIpc) is 2.94. The van der Waals surface area contributed by atoms with Crippen LogP contribution in [0.2, 0.25) is 0 Å². The summed E-state index contributed by atoms with van der Waals surface area (Å²) in [5.74, 6) is 0.703. The van der Waals surface area contributed by atoms with Gasteiger partial charge in [-0.15, -0.1) is 0 Å². The van der Waals surface area contributed by atoms with E-state index in [-0.39, 0.29) is 5.82 Å². The molecule has 0 heterocycles. The van der Waals surface area contributed by atoms with E-state index in [2.05, 4.69) is 28.2 Å². The fourth-order valence-electron chi connectivity index (χ4n) is 3.21. The predicted molar refractivity (Wildman–Crippen MR) is 86.5 cm³/mol. The molecule has 112 valence electrons. The highest BCUT2D eigenvalue weighted by atomic mass is 79.9. The van der Waals surface area contributed by atoms with Crippen LogP contribution in [-0.2, 0) is 6.42 Å². The largest absolute Gasteiger partial charge is 0.314 e. The Kier molecular flexibility index (Phi) is 6.50. The van der Waals surface area contributed by atoms with Gasteiger partial charge in [-0.05, 0) is 59.3 Å². The van der Waals surface area contributed by atoms with Gasteiger partial charge in [0.25, 0.3) is 0 Å². The molecule has 1 saturated carbocycles. The van der Waals surface area contributed by atoms with E-state index in [0.717, 1.165) is 30.9 Å². The van der Waals surface area contributed by atoms with Crippen LogP contribution in [0, 0.1) is 11.7 Å². The summed E-state index contributed by atoms with van der Waals surface area (Å²) in [7, 11) is 0. The van der Waals surface area contributed by atoms with Crippen LogP contribution >= 0.6 is 15.9 Å².